The summed E-state index contributed by atoms with van der Waals surface area (Å²) in [7, 11) is 1.49. The number of nitrogens with zero attached hydrogens (tertiary/aromatic N) is 2. The SMILES string of the molecule is CCc1nc(-c2cc(F)c(Cl)cc2F)nc(OC)c1CC. The molecule has 6 heteroatoms. The highest BCUT2D eigenvalue weighted by molar-refractivity contribution is 6.30. The third kappa shape index (κ3) is 2.97. The molecule has 1 heterocycles. The molecule has 0 fully saturated rings. The number of aromatic nitrogens is 2. The summed E-state index contributed by atoms with van der Waals surface area (Å²) in [6.45, 7) is 3.89. The number of hydrogen-bond acceptors (Lipinski definition) is 3. The molecule has 0 aliphatic carbocycles. The summed E-state index contributed by atoms with van der Waals surface area (Å²) >= 11 is 5.56. The molecule has 0 saturated carbocycles. The minimum Gasteiger partial charge on any atom is -0.481 e. The second-order valence-corrected chi connectivity index (χ2v) is 4.84. The zero-order chi connectivity index (χ0) is 15.6. The molecule has 2 rings (SSSR count). The van der Waals surface area contributed by atoms with Crippen LogP contribution in [0.15, 0.2) is 12.1 Å². The van der Waals surface area contributed by atoms with E-state index in [9.17, 15) is 8.78 Å². The van der Waals surface area contributed by atoms with Crippen molar-refractivity contribution in [1.82, 2.24) is 9.97 Å². The van der Waals surface area contributed by atoms with Gasteiger partial charge in [0.25, 0.3) is 0 Å². The van der Waals surface area contributed by atoms with Crippen LogP contribution < -0.4 is 4.74 Å². The fourth-order valence-electron chi connectivity index (χ4n) is 2.14. The Labute approximate surface area is 127 Å². The summed E-state index contributed by atoms with van der Waals surface area (Å²) in [4.78, 5) is 8.52. The van der Waals surface area contributed by atoms with E-state index in [0.29, 0.717) is 18.7 Å². The normalized spacial score (nSPS) is 10.8. The van der Waals surface area contributed by atoms with Gasteiger partial charge in [-0.25, -0.2) is 13.8 Å². The highest BCUT2D eigenvalue weighted by atomic mass is 35.5. The van der Waals surface area contributed by atoms with Crippen LogP contribution in [0.2, 0.25) is 5.02 Å². The molecule has 0 unspecified atom stereocenters. The van der Waals surface area contributed by atoms with Gasteiger partial charge in [-0.1, -0.05) is 25.4 Å². The van der Waals surface area contributed by atoms with Crippen LogP contribution in [-0.4, -0.2) is 17.1 Å². The second kappa shape index (κ2) is 6.35. The summed E-state index contributed by atoms with van der Waals surface area (Å²) in [6.07, 6.45) is 1.34. The molecule has 1 aromatic heterocycles. The highest BCUT2D eigenvalue weighted by Crippen LogP contribution is 2.29. The first-order chi connectivity index (χ1) is 10.0. The van der Waals surface area contributed by atoms with Gasteiger partial charge in [-0.05, 0) is 25.0 Å². The Hall–Kier alpha value is -1.75. The number of ether oxygens (including phenoxy) is 1. The monoisotopic (exact) mass is 312 g/mol. The van der Waals surface area contributed by atoms with E-state index in [1.54, 1.807) is 0 Å². The zero-order valence-electron chi connectivity index (χ0n) is 12.0. The molecule has 0 saturated heterocycles. The van der Waals surface area contributed by atoms with Gasteiger partial charge in [0.2, 0.25) is 5.88 Å². The molecule has 0 aliphatic rings. The Morgan fingerprint density at radius 2 is 1.81 bits per heavy atom. The van der Waals surface area contributed by atoms with Gasteiger partial charge in [-0.3, -0.25) is 0 Å². The number of aryl methyl sites for hydroxylation is 1. The van der Waals surface area contributed by atoms with Gasteiger partial charge >= 0.3 is 0 Å². The third-order valence-corrected chi connectivity index (χ3v) is 3.48. The Morgan fingerprint density at radius 1 is 1.10 bits per heavy atom. The molecule has 0 N–H and O–H groups in total. The lowest BCUT2D eigenvalue weighted by atomic mass is 10.1. The van der Waals surface area contributed by atoms with Gasteiger partial charge in [0, 0.05) is 5.56 Å². The van der Waals surface area contributed by atoms with Crippen molar-refractivity contribution >= 4 is 11.6 Å². The Kier molecular flexibility index (Phi) is 4.73. The molecule has 112 valence electrons. The van der Waals surface area contributed by atoms with Crippen molar-refractivity contribution in [3.63, 3.8) is 0 Å². The van der Waals surface area contributed by atoms with Crippen LogP contribution in [0.5, 0.6) is 5.88 Å². The molecule has 1 aromatic carbocycles. The highest BCUT2D eigenvalue weighted by Gasteiger charge is 2.17. The fraction of sp³-hybridized carbons (Fsp3) is 0.333. The fourth-order valence-corrected chi connectivity index (χ4v) is 2.29. The lowest BCUT2D eigenvalue weighted by molar-refractivity contribution is 0.391. The van der Waals surface area contributed by atoms with E-state index >= 15 is 0 Å². The second-order valence-electron chi connectivity index (χ2n) is 4.44. The van der Waals surface area contributed by atoms with Crippen LogP contribution in [-0.2, 0) is 12.8 Å². The number of benzene rings is 1. The van der Waals surface area contributed by atoms with Gasteiger partial charge in [-0.15, -0.1) is 0 Å². The van der Waals surface area contributed by atoms with Gasteiger partial charge in [0.05, 0.1) is 23.4 Å². The van der Waals surface area contributed by atoms with E-state index < -0.39 is 11.6 Å². The van der Waals surface area contributed by atoms with E-state index in [0.717, 1.165) is 23.4 Å². The molecule has 0 atom stereocenters. The van der Waals surface area contributed by atoms with Gasteiger partial charge in [0.15, 0.2) is 5.82 Å². The average molecular weight is 313 g/mol. The van der Waals surface area contributed by atoms with E-state index in [-0.39, 0.29) is 16.4 Å². The largest absolute Gasteiger partial charge is 0.481 e. The van der Waals surface area contributed by atoms with Crippen LogP contribution in [0.4, 0.5) is 8.78 Å². The van der Waals surface area contributed by atoms with Crippen molar-refractivity contribution in [2.75, 3.05) is 7.11 Å². The minimum atomic E-state index is -0.715. The van der Waals surface area contributed by atoms with Gasteiger partial charge in [-0.2, -0.15) is 4.98 Å². The molecular weight excluding hydrogens is 298 g/mol. The van der Waals surface area contributed by atoms with Crippen LogP contribution in [0.3, 0.4) is 0 Å². The minimum absolute atomic E-state index is 0.0347. The lowest BCUT2D eigenvalue weighted by Gasteiger charge is -2.12. The van der Waals surface area contributed by atoms with Gasteiger partial charge < -0.3 is 4.74 Å². The molecule has 2 aromatic rings. The predicted octanol–water partition coefficient (Wildman–Crippen LogP) is 4.21. The molecule has 21 heavy (non-hydrogen) atoms. The van der Waals surface area contributed by atoms with Crippen molar-refractivity contribution in [3.05, 3.63) is 40.0 Å². The first kappa shape index (κ1) is 15.6. The summed E-state index contributed by atoms with van der Waals surface area (Å²) in [5, 5.41) is -0.274. The molecule has 0 aliphatic heterocycles. The maximum atomic E-state index is 14.0. The van der Waals surface area contributed by atoms with E-state index in [1.807, 2.05) is 13.8 Å². The van der Waals surface area contributed by atoms with Crippen LogP contribution in [0.25, 0.3) is 11.4 Å². The first-order valence-corrected chi connectivity index (χ1v) is 6.98. The van der Waals surface area contributed by atoms with Crippen molar-refractivity contribution < 1.29 is 13.5 Å². The standard InChI is InChI=1S/C15H15ClF2N2O/c1-4-8-13(5-2)19-14(20-15(8)21-3)9-6-12(18)10(16)7-11(9)17/h6-7H,4-5H2,1-3H3. The van der Waals surface area contributed by atoms with E-state index in [1.165, 1.54) is 7.11 Å². The Morgan fingerprint density at radius 3 is 2.38 bits per heavy atom. The molecule has 0 spiro atoms. The Bertz CT molecular complexity index is 652. The lowest BCUT2D eigenvalue weighted by Crippen LogP contribution is -2.05. The smallest absolute Gasteiger partial charge is 0.220 e. The van der Waals surface area contributed by atoms with Crippen molar-refractivity contribution in [2.45, 2.75) is 26.7 Å². The molecule has 0 radical (unpaired) electrons. The molecule has 0 bridgehead atoms. The molecular formula is C15H15ClF2N2O. The average Bonchev–Trinajstić information content (AvgIpc) is 2.49. The van der Waals surface area contributed by atoms with Gasteiger partial charge in [0.1, 0.15) is 11.6 Å². The third-order valence-electron chi connectivity index (χ3n) is 3.19. The van der Waals surface area contributed by atoms with Crippen molar-refractivity contribution in [1.29, 1.82) is 0 Å². The molecule has 0 amide bonds. The summed E-state index contributed by atoms with van der Waals surface area (Å²) < 4.78 is 32.8. The number of hydrogen-bond donors (Lipinski definition) is 0. The maximum absolute atomic E-state index is 14.0. The quantitative estimate of drug-likeness (QED) is 0.793. The van der Waals surface area contributed by atoms with Crippen molar-refractivity contribution in [2.24, 2.45) is 0 Å². The summed E-state index contributed by atoms with van der Waals surface area (Å²) in [5.74, 6) is -0.911. The van der Waals surface area contributed by atoms with Crippen LogP contribution >= 0.6 is 11.6 Å². The van der Waals surface area contributed by atoms with Crippen LogP contribution in [0, 0.1) is 11.6 Å². The van der Waals surface area contributed by atoms with E-state index in [2.05, 4.69) is 9.97 Å². The topological polar surface area (TPSA) is 35.0 Å². The molecule has 3 nitrogen and oxygen atoms in total. The van der Waals surface area contributed by atoms with E-state index in [4.69, 9.17) is 16.3 Å². The summed E-state index contributed by atoms with van der Waals surface area (Å²) in [6, 6.07) is 1.92. The zero-order valence-corrected chi connectivity index (χ0v) is 12.8. The first-order valence-electron chi connectivity index (χ1n) is 6.60. The Balaban J connectivity index is 2.67. The number of methoxy groups -OCH3 is 1. The van der Waals surface area contributed by atoms with Crippen molar-refractivity contribution in [3.8, 4) is 17.3 Å². The maximum Gasteiger partial charge on any atom is 0.220 e. The summed E-state index contributed by atoms with van der Waals surface area (Å²) in [5.41, 5.74) is 1.60. The number of halogens is 3. The number of rotatable bonds is 4. The predicted molar refractivity (Wildman–Crippen MR) is 77.7 cm³/mol. The van der Waals surface area contributed by atoms with Crippen LogP contribution in [0.1, 0.15) is 25.1 Å².